The van der Waals surface area contributed by atoms with Crippen molar-refractivity contribution in [2.75, 3.05) is 7.11 Å². The molecule has 0 radical (unpaired) electrons. The SMILES string of the molecule is COc1ccc(C2c3c(C)nn(-c4ccc(Cl)cc4)c3Oc3ncn4nc(-c5ccncc5)nc4c32)cc1. The van der Waals surface area contributed by atoms with Crippen molar-refractivity contribution in [3.63, 3.8) is 0 Å². The zero-order valence-corrected chi connectivity index (χ0v) is 21.2. The Balaban J connectivity index is 1.48. The van der Waals surface area contributed by atoms with E-state index < -0.39 is 0 Å². The fourth-order valence-corrected chi connectivity index (χ4v) is 5.01. The summed E-state index contributed by atoms with van der Waals surface area (Å²) in [5.41, 5.74) is 5.96. The van der Waals surface area contributed by atoms with E-state index in [0.29, 0.717) is 28.3 Å². The molecule has 1 unspecified atom stereocenters. The molecule has 38 heavy (non-hydrogen) atoms. The first kappa shape index (κ1) is 22.4. The highest BCUT2D eigenvalue weighted by Gasteiger charge is 2.38. The Kier molecular flexibility index (Phi) is 5.12. The van der Waals surface area contributed by atoms with Crippen molar-refractivity contribution in [1.82, 2.24) is 34.3 Å². The Labute approximate surface area is 222 Å². The van der Waals surface area contributed by atoms with Crippen LogP contribution in [0, 0.1) is 6.92 Å². The van der Waals surface area contributed by atoms with Gasteiger partial charge in [-0.05, 0) is 61.0 Å². The zero-order chi connectivity index (χ0) is 25.8. The van der Waals surface area contributed by atoms with Crippen LogP contribution in [0.25, 0.3) is 22.7 Å². The third-order valence-electron chi connectivity index (χ3n) is 6.68. The molecule has 6 aromatic rings. The van der Waals surface area contributed by atoms with Crippen LogP contribution in [0.15, 0.2) is 79.4 Å². The number of benzene rings is 2. The first-order chi connectivity index (χ1) is 18.6. The van der Waals surface area contributed by atoms with Crippen LogP contribution < -0.4 is 9.47 Å². The van der Waals surface area contributed by atoms with Crippen molar-refractivity contribution in [1.29, 1.82) is 0 Å². The molecular weight excluding hydrogens is 502 g/mol. The van der Waals surface area contributed by atoms with E-state index in [-0.39, 0.29) is 5.92 Å². The minimum Gasteiger partial charge on any atom is -0.497 e. The van der Waals surface area contributed by atoms with Crippen LogP contribution >= 0.6 is 11.6 Å². The molecule has 0 spiro atoms. The molecule has 1 aliphatic heterocycles. The molecule has 1 atom stereocenters. The zero-order valence-electron chi connectivity index (χ0n) is 20.4. The Hall–Kier alpha value is -4.76. The van der Waals surface area contributed by atoms with Gasteiger partial charge in [-0.1, -0.05) is 23.7 Å². The molecule has 2 aromatic carbocycles. The van der Waals surface area contributed by atoms with E-state index in [2.05, 4.69) is 9.97 Å². The van der Waals surface area contributed by atoms with Gasteiger partial charge in [-0.25, -0.2) is 19.2 Å². The highest BCUT2D eigenvalue weighted by Crippen LogP contribution is 2.50. The first-order valence-electron chi connectivity index (χ1n) is 11.9. The highest BCUT2D eigenvalue weighted by atomic mass is 35.5. The van der Waals surface area contributed by atoms with Crippen LogP contribution in [-0.4, -0.2) is 41.5 Å². The molecule has 7 rings (SSSR count). The fourth-order valence-electron chi connectivity index (χ4n) is 4.89. The lowest BCUT2D eigenvalue weighted by Crippen LogP contribution is -2.16. The van der Waals surface area contributed by atoms with Crippen molar-refractivity contribution in [3.8, 4) is 34.6 Å². The number of pyridine rings is 1. The normalized spacial score (nSPS) is 14.1. The molecule has 0 fully saturated rings. The molecule has 5 heterocycles. The molecule has 0 N–H and O–H groups in total. The lowest BCUT2D eigenvalue weighted by atomic mass is 9.84. The standard InChI is InChI=1S/C28H20ClN7O2/c1-16-22-23(17-3-9-21(37-2)10-4-17)24-26-32-25(18-11-13-30-14-12-18)34-35(26)15-31-27(24)38-28(22)36(33-16)20-7-5-19(29)6-8-20/h3-15,23H,1-2H3. The lowest BCUT2D eigenvalue weighted by molar-refractivity contribution is 0.402. The number of hydrogen-bond donors (Lipinski definition) is 0. The van der Waals surface area contributed by atoms with E-state index in [1.165, 1.54) is 0 Å². The predicted molar refractivity (Wildman–Crippen MR) is 141 cm³/mol. The quantitative estimate of drug-likeness (QED) is 0.296. The molecule has 9 nitrogen and oxygen atoms in total. The van der Waals surface area contributed by atoms with Gasteiger partial charge in [0.25, 0.3) is 0 Å². The Morgan fingerprint density at radius 2 is 1.68 bits per heavy atom. The number of rotatable bonds is 4. The maximum Gasteiger partial charge on any atom is 0.230 e. The van der Waals surface area contributed by atoms with Crippen LogP contribution in [0.2, 0.25) is 5.02 Å². The smallest absolute Gasteiger partial charge is 0.230 e. The van der Waals surface area contributed by atoms with E-state index in [1.54, 1.807) is 35.0 Å². The van der Waals surface area contributed by atoms with E-state index in [0.717, 1.165) is 39.4 Å². The molecule has 4 aromatic heterocycles. The van der Waals surface area contributed by atoms with Gasteiger partial charge >= 0.3 is 0 Å². The number of nitrogens with zero attached hydrogens (tertiary/aromatic N) is 7. The third-order valence-corrected chi connectivity index (χ3v) is 6.93. The first-order valence-corrected chi connectivity index (χ1v) is 12.3. The summed E-state index contributed by atoms with van der Waals surface area (Å²) in [7, 11) is 1.65. The van der Waals surface area contributed by atoms with Crippen LogP contribution in [0.4, 0.5) is 0 Å². The van der Waals surface area contributed by atoms with Gasteiger partial charge in [0.2, 0.25) is 11.8 Å². The number of halogens is 1. The van der Waals surface area contributed by atoms with Gasteiger partial charge in [0.1, 0.15) is 12.1 Å². The largest absolute Gasteiger partial charge is 0.497 e. The number of hydrogen-bond acceptors (Lipinski definition) is 7. The summed E-state index contributed by atoms with van der Waals surface area (Å²) in [5, 5.41) is 10.2. The maximum atomic E-state index is 6.47. The number of fused-ring (bicyclic) bond motifs is 4. The average Bonchev–Trinajstić information content (AvgIpc) is 3.54. The van der Waals surface area contributed by atoms with Gasteiger partial charge in [-0.3, -0.25) is 4.98 Å². The highest BCUT2D eigenvalue weighted by molar-refractivity contribution is 6.30. The maximum absolute atomic E-state index is 6.47. The minimum absolute atomic E-state index is 0.258. The molecule has 1 aliphatic rings. The molecule has 10 heteroatoms. The van der Waals surface area contributed by atoms with Gasteiger partial charge in [-0.15, -0.1) is 5.10 Å². The van der Waals surface area contributed by atoms with E-state index in [1.807, 2.05) is 67.6 Å². The fraction of sp³-hybridized carbons (Fsp3) is 0.107. The molecule has 0 saturated heterocycles. The van der Waals surface area contributed by atoms with Crippen molar-refractivity contribution < 1.29 is 9.47 Å². The molecular formula is C28H20ClN7O2. The molecule has 0 bridgehead atoms. The minimum atomic E-state index is -0.258. The second kappa shape index (κ2) is 8.67. The van der Waals surface area contributed by atoms with Gasteiger partial charge in [0.05, 0.1) is 35.5 Å². The summed E-state index contributed by atoms with van der Waals surface area (Å²) in [6.07, 6.45) is 5.06. The molecule has 0 aliphatic carbocycles. The van der Waals surface area contributed by atoms with Crippen LogP contribution in [0.3, 0.4) is 0 Å². The van der Waals surface area contributed by atoms with Crippen molar-refractivity contribution in [2.24, 2.45) is 0 Å². The van der Waals surface area contributed by atoms with E-state index in [4.69, 9.17) is 36.3 Å². The summed E-state index contributed by atoms with van der Waals surface area (Å²) in [4.78, 5) is 13.7. The Bertz CT molecular complexity index is 1800. The van der Waals surface area contributed by atoms with Gasteiger partial charge in [0, 0.05) is 23.0 Å². The van der Waals surface area contributed by atoms with Crippen LogP contribution in [0.5, 0.6) is 17.5 Å². The molecule has 0 amide bonds. The summed E-state index contributed by atoms with van der Waals surface area (Å²) in [6, 6.07) is 19.2. The Morgan fingerprint density at radius 3 is 2.42 bits per heavy atom. The second-order valence-corrected chi connectivity index (χ2v) is 9.34. The number of ether oxygens (including phenoxy) is 2. The van der Waals surface area contributed by atoms with Crippen molar-refractivity contribution in [3.05, 3.63) is 107 Å². The number of aryl methyl sites for hydroxylation is 1. The average molecular weight is 522 g/mol. The summed E-state index contributed by atoms with van der Waals surface area (Å²) in [5.74, 6) is 2.15. The number of aromatic nitrogens is 7. The Morgan fingerprint density at radius 1 is 0.921 bits per heavy atom. The monoisotopic (exact) mass is 521 g/mol. The lowest BCUT2D eigenvalue weighted by Gasteiger charge is -2.26. The predicted octanol–water partition coefficient (Wildman–Crippen LogP) is 5.63. The summed E-state index contributed by atoms with van der Waals surface area (Å²) in [6.45, 7) is 1.98. The van der Waals surface area contributed by atoms with E-state index >= 15 is 0 Å². The van der Waals surface area contributed by atoms with E-state index in [9.17, 15) is 0 Å². The molecule has 0 saturated carbocycles. The van der Waals surface area contributed by atoms with Gasteiger partial charge < -0.3 is 9.47 Å². The molecule has 186 valence electrons. The van der Waals surface area contributed by atoms with Crippen molar-refractivity contribution in [2.45, 2.75) is 12.8 Å². The van der Waals surface area contributed by atoms with Gasteiger partial charge in [-0.2, -0.15) is 5.10 Å². The number of methoxy groups -OCH3 is 1. The van der Waals surface area contributed by atoms with Crippen molar-refractivity contribution >= 4 is 17.2 Å². The van der Waals surface area contributed by atoms with Crippen LogP contribution in [-0.2, 0) is 0 Å². The van der Waals surface area contributed by atoms with Crippen LogP contribution in [0.1, 0.15) is 28.3 Å². The summed E-state index contributed by atoms with van der Waals surface area (Å²) < 4.78 is 15.4. The summed E-state index contributed by atoms with van der Waals surface area (Å²) >= 11 is 6.14. The second-order valence-electron chi connectivity index (χ2n) is 8.90. The van der Waals surface area contributed by atoms with Gasteiger partial charge in [0.15, 0.2) is 11.5 Å². The third kappa shape index (κ3) is 3.51. The topological polar surface area (TPSA) is 92.2 Å².